The van der Waals surface area contributed by atoms with Crippen LogP contribution in [-0.2, 0) is 4.79 Å². The van der Waals surface area contributed by atoms with Crippen LogP contribution in [0.3, 0.4) is 0 Å². The molecule has 0 aromatic carbocycles. The van der Waals surface area contributed by atoms with Crippen LogP contribution in [-0.4, -0.2) is 25.5 Å². The van der Waals surface area contributed by atoms with Gasteiger partial charge in [-0.3, -0.25) is 4.79 Å². The van der Waals surface area contributed by atoms with Crippen LogP contribution in [0.4, 0.5) is 0 Å². The number of hydrogen-bond acceptors (Lipinski definition) is 2. The van der Waals surface area contributed by atoms with Crippen LogP contribution in [0.5, 0.6) is 0 Å². The van der Waals surface area contributed by atoms with E-state index in [0.29, 0.717) is 6.54 Å². The molecule has 1 aliphatic rings. The highest BCUT2D eigenvalue weighted by Gasteiger charge is 2.33. The van der Waals surface area contributed by atoms with Gasteiger partial charge < -0.3 is 10.6 Å². The minimum absolute atomic E-state index is 0.166. The summed E-state index contributed by atoms with van der Waals surface area (Å²) in [6.07, 6.45) is 3.92. The smallest absolute Gasteiger partial charge is 0.226 e. The molecule has 0 aromatic heterocycles. The molecule has 0 saturated carbocycles. The quantitative estimate of drug-likeness (QED) is 0.692. The predicted molar refractivity (Wildman–Crippen MR) is 62.7 cm³/mol. The van der Waals surface area contributed by atoms with Crippen LogP contribution in [0.2, 0.25) is 0 Å². The molecule has 3 heteroatoms. The van der Waals surface area contributed by atoms with E-state index in [0.717, 1.165) is 25.9 Å². The van der Waals surface area contributed by atoms with Gasteiger partial charge in [-0.25, -0.2) is 0 Å². The molecule has 3 nitrogen and oxygen atoms in total. The van der Waals surface area contributed by atoms with Gasteiger partial charge in [0.25, 0.3) is 0 Å². The standard InChI is InChI=1S/C12H22N2O/c1-10(2)4-7-14-11(15)12(3)5-8-13-9-6-12/h4,13H,5-9H2,1-3H3,(H,14,15). The van der Waals surface area contributed by atoms with Gasteiger partial charge in [0.15, 0.2) is 0 Å². The van der Waals surface area contributed by atoms with Gasteiger partial charge in [0, 0.05) is 12.0 Å². The van der Waals surface area contributed by atoms with Crippen LogP contribution in [0.15, 0.2) is 11.6 Å². The fourth-order valence-electron chi connectivity index (χ4n) is 1.77. The molecule has 86 valence electrons. The zero-order valence-corrected chi connectivity index (χ0v) is 10.0. The normalized spacial score (nSPS) is 19.4. The number of rotatable bonds is 3. The van der Waals surface area contributed by atoms with Crippen molar-refractivity contribution >= 4 is 5.91 Å². The summed E-state index contributed by atoms with van der Waals surface area (Å²) in [6, 6.07) is 0. The molecule has 0 aliphatic carbocycles. The number of piperidine rings is 1. The lowest BCUT2D eigenvalue weighted by Crippen LogP contribution is -2.45. The van der Waals surface area contributed by atoms with Gasteiger partial charge >= 0.3 is 0 Å². The Morgan fingerprint density at radius 3 is 2.53 bits per heavy atom. The largest absolute Gasteiger partial charge is 0.352 e. The maximum atomic E-state index is 11.9. The third-order valence-corrected chi connectivity index (χ3v) is 3.03. The maximum absolute atomic E-state index is 11.9. The molecule has 1 amide bonds. The number of nitrogens with one attached hydrogen (secondary N) is 2. The average Bonchev–Trinajstić information content (AvgIpc) is 2.18. The Morgan fingerprint density at radius 1 is 1.40 bits per heavy atom. The van der Waals surface area contributed by atoms with Gasteiger partial charge in [0.05, 0.1) is 0 Å². The highest BCUT2D eigenvalue weighted by molar-refractivity contribution is 5.82. The van der Waals surface area contributed by atoms with Gasteiger partial charge in [-0.15, -0.1) is 0 Å². The Kier molecular flexibility index (Phi) is 4.33. The molecule has 1 aliphatic heterocycles. The van der Waals surface area contributed by atoms with Crippen molar-refractivity contribution in [2.45, 2.75) is 33.6 Å². The van der Waals surface area contributed by atoms with Crippen LogP contribution in [0.1, 0.15) is 33.6 Å². The topological polar surface area (TPSA) is 41.1 Å². The monoisotopic (exact) mass is 210 g/mol. The highest BCUT2D eigenvalue weighted by atomic mass is 16.2. The van der Waals surface area contributed by atoms with Crippen LogP contribution in [0.25, 0.3) is 0 Å². The number of carbonyl (C=O) groups is 1. The number of carbonyl (C=O) groups excluding carboxylic acids is 1. The third kappa shape index (κ3) is 3.67. The summed E-state index contributed by atoms with van der Waals surface area (Å²) >= 11 is 0. The van der Waals surface area contributed by atoms with Gasteiger partial charge in [-0.1, -0.05) is 18.6 Å². The fraction of sp³-hybridized carbons (Fsp3) is 0.750. The molecule has 0 aromatic rings. The van der Waals surface area contributed by atoms with E-state index in [1.54, 1.807) is 0 Å². The van der Waals surface area contributed by atoms with Gasteiger partial charge in [0.1, 0.15) is 0 Å². The minimum atomic E-state index is -0.166. The van der Waals surface area contributed by atoms with Crippen LogP contribution >= 0.6 is 0 Å². The molecule has 0 atom stereocenters. The second-order valence-electron chi connectivity index (χ2n) is 4.80. The summed E-state index contributed by atoms with van der Waals surface area (Å²) in [5.41, 5.74) is 1.08. The van der Waals surface area contributed by atoms with E-state index in [1.165, 1.54) is 5.57 Å². The van der Waals surface area contributed by atoms with E-state index < -0.39 is 0 Å². The van der Waals surface area contributed by atoms with Crippen LogP contribution < -0.4 is 10.6 Å². The summed E-state index contributed by atoms with van der Waals surface area (Å²) in [5.74, 6) is 0.196. The summed E-state index contributed by atoms with van der Waals surface area (Å²) < 4.78 is 0. The van der Waals surface area contributed by atoms with E-state index >= 15 is 0 Å². The van der Waals surface area contributed by atoms with E-state index in [4.69, 9.17) is 0 Å². The molecule has 0 spiro atoms. The second-order valence-corrected chi connectivity index (χ2v) is 4.80. The van der Waals surface area contributed by atoms with Crippen molar-refractivity contribution in [2.75, 3.05) is 19.6 Å². The zero-order chi connectivity index (χ0) is 11.3. The highest BCUT2D eigenvalue weighted by Crippen LogP contribution is 2.27. The van der Waals surface area contributed by atoms with Crippen molar-refractivity contribution in [3.63, 3.8) is 0 Å². The number of amides is 1. The summed E-state index contributed by atoms with van der Waals surface area (Å²) in [4.78, 5) is 11.9. The Labute approximate surface area is 92.3 Å². The SMILES string of the molecule is CC(C)=CCNC(=O)C1(C)CCNCC1. The first kappa shape index (κ1) is 12.2. The lowest BCUT2D eigenvalue weighted by Gasteiger charge is -2.32. The molecule has 0 radical (unpaired) electrons. The van der Waals surface area contributed by atoms with Crippen molar-refractivity contribution in [1.29, 1.82) is 0 Å². The lowest BCUT2D eigenvalue weighted by atomic mass is 9.80. The first-order valence-corrected chi connectivity index (χ1v) is 5.67. The Bertz CT molecular complexity index is 248. The molecule has 0 unspecified atom stereocenters. The average molecular weight is 210 g/mol. The van der Waals surface area contributed by atoms with Crippen molar-refractivity contribution in [1.82, 2.24) is 10.6 Å². The maximum Gasteiger partial charge on any atom is 0.226 e. The second kappa shape index (κ2) is 5.31. The lowest BCUT2D eigenvalue weighted by molar-refractivity contribution is -0.131. The Hall–Kier alpha value is -0.830. The molecular weight excluding hydrogens is 188 g/mol. The van der Waals surface area contributed by atoms with Gasteiger partial charge in [-0.2, -0.15) is 0 Å². The summed E-state index contributed by atoms with van der Waals surface area (Å²) in [6.45, 7) is 8.70. The summed E-state index contributed by atoms with van der Waals surface area (Å²) in [5, 5.41) is 6.26. The van der Waals surface area contributed by atoms with Crippen molar-refractivity contribution in [2.24, 2.45) is 5.41 Å². The van der Waals surface area contributed by atoms with Crippen molar-refractivity contribution in [3.05, 3.63) is 11.6 Å². The first-order valence-electron chi connectivity index (χ1n) is 5.67. The first-order chi connectivity index (χ1) is 7.04. The van der Waals surface area contributed by atoms with E-state index in [2.05, 4.69) is 17.6 Å². The van der Waals surface area contributed by atoms with Gasteiger partial charge in [-0.05, 0) is 39.8 Å². The minimum Gasteiger partial charge on any atom is -0.352 e. The molecule has 2 N–H and O–H groups in total. The third-order valence-electron chi connectivity index (χ3n) is 3.03. The molecule has 0 bridgehead atoms. The molecule has 1 fully saturated rings. The molecular formula is C12H22N2O. The van der Waals surface area contributed by atoms with Crippen molar-refractivity contribution in [3.8, 4) is 0 Å². The zero-order valence-electron chi connectivity index (χ0n) is 10.0. The Morgan fingerprint density at radius 2 is 2.00 bits per heavy atom. The molecule has 15 heavy (non-hydrogen) atoms. The van der Waals surface area contributed by atoms with E-state index in [1.807, 2.05) is 19.9 Å². The fourth-order valence-corrected chi connectivity index (χ4v) is 1.77. The van der Waals surface area contributed by atoms with E-state index in [-0.39, 0.29) is 11.3 Å². The molecule has 1 heterocycles. The van der Waals surface area contributed by atoms with Gasteiger partial charge in [0.2, 0.25) is 5.91 Å². The van der Waals surface area contributed by atoms with E-state index in [9.17, 15) is 4.79 Å². The summed E-state index contributed by atoms with van der Waals surface area (Å²) in [7, 11) is 0. The number of allylic oxidation sites excluding steroid dienone is 1. The predicted octanol–water partition coefficient (Wildman–Crippen LogP) is 1.46. The molecule has 1 saturated heterocycles. The van der Waals surface area contributed by atoms with Crippen LogP contribution in [0, 0.1) is 5.41 Å². The molecule has 1 rings (SSSR count). The van der Waals surface area contributed by atoms with Crippen molar-refractivity contribution < 1.29 is 4.79 Å². The number of hydrogen-bond donors (Lipinski definition) is 2. The Balaban J connectivity index is 2.41.